The van der Waals surface area contributed by atoms with Gasteiger partial charge in [-0.15, -0.1) is 0 Å². The summed E-state index contributed by atoms with van der Waals surface area (Å²) in [6.45, 7) is 9.74. The first kappa shape index (κ1) is 31.8. The summed E-state index contributed by atoms with van der Waals surface area (Å²) in [5, 5.41) is 13.5. The van der Waals surface area contributed by atoms with Crippen molar-refractivity contribution in [1.82, 2.24) is 5.32 Å². The van der Waals surface area contributed by atoms with E-state index in [1.54, 1.807) is 26.0 Å². The number of hydrogen-bond acceptors (Lipinski definition) is 8. The van der Waals surface area contributed by atoms with Crippen molar-refractivity contribution in [2.75, 3.05) is 6.61 Å². The normalized spacial score (nSPS) is 19.0. The molecule has 0 fully saturated rings. The summed E-state index contributed by atoms with van der Waals surface area (Å²) < 4.78 is 42.5. The third-order valence-electron chi connectivity index (χ3n) is 7.31. The molecule has 8 nitrogen and oxygen atoms in total. The zero-order chi connectivity index (χ0) is 30.6. The van der Waals surface area contributed by atoms with E-state index in [0.717, 1.165) is 41.8 Å². The molecule has 2 unspecified atom stereocenters. The second-order valence-electron chi connectivity index (χ2n) is 10.9. The summed E-state index contributed by atoms with van der Waals surface area (Å²) in [5.74, 6) is 0.818. The Labute approximate surface area is 257 Å². The molecule has 0 radical (unpaired) electrons. The highest BCUT2D eigenvalue weighted by atomic mass is 79.9. The molecule has 1 N–H and O–H groups in total. The maximum atomic E-state index is 13.5. The lowest BCUT2D eigenvalue weighted by atomic mass is 9.72. The quantitative estimate of drug-likeness (QED) is 0.256. The van der Waals surface area contributed by atoms with Crippen molar-refractivity contribution in [3.63, 3.8) is 0 Å². The molecule has 0 bridgehead atoms. The van der Waals surface area contributed by atoms with Crippen LogP contribution < -0.4 is 14.8 Å². The van der Waals surface area contributed by atoms with Crippen LogP contribution in [0.5, 0.6) is 11.5 Å². The Kier molecular flexibility index (Phi) is 10.2. The molecule has 0 amide bonds. The fourth-order valence-corrected chi connectivity index (χ4v) is 7.25. The van der Waals surface area contributed by atoms with Crippen LogP contribution in [-0.2, 0) is 25.7 Å². The number of rotatable bonds is 11. The van der Waals surface area contributed by atoms with E-state index in [1.807, 2.05) is 26.0 Å². The average Bonchev–Trinajstić information content (AvgIpc) is 2.91. The van der Waals surface area contributed by atoms with E-state index in [-0.39, 0.29) is 17.3 Å². The summed E-state index contributed by atoms with van der Waals surface area (Å²) in [6.07, 6.45) is 2.81. The summed E-state index contributed by atoms with van der Waals surface area (Å²) in [6, 6.07) is 12.4. The van der Waals surface area contributed by atoms with Crippen LogP contribution in [0.15, 0.2) is 68.3 Å². The first-order valence-corrected chi connectivity index (χ1v) is 16.4. The number of dihydropyridines is 1. The zero-order valence-corrected chi connectivity index (χ0v) is 27.0. The molecule has 1 aliphatic carbocycles. The molecule has 224 valence electrons. The number of carbonyl (C=O) groups is 1. The second kappa shape index (κ2) is 13.4. The van der Waals surface area contributed by atoms with E-state index in [9.17, 15) is 18.5 Å². The van der Waals surface area contributed by atoms with Crippen LogP contribution >= 0.6 is 15.9 Å². The van der Waals surface area contributed by atoms with Gasteiger partial charge in [-0.1, -0.05) is 25.5 Å². The van der Waals surface area contributed by atoms with E-state index in [2.05, 4.69) is 34.2 Å². The van der Waals surface area contributed by atoms with Gasteiger partial charge in [0, 0.05) is 23.4 Å². The number of ether oxygens (including phenoxy) is 2. The Balaban J connectivity index is 1.65. The average molecular weight is 658 g/mol. The van der Waals surface area contributed by atoms with E-state index in [1.165, 1.54) is 12.1 Å². The molecular weight excluding hydrogens is 620 g/mol. The van der Waals surface area contributed by atoms with Crippen molar-refractivity contribution in [1.29, 1.82) is 5.26 Å². The first-order valence-electron chi connectivity index (χ1n) is 14.2. The third kappa shape index (κ3) is 6.91. The van der Waals surface area contributed by atoms with Crippen LogP contribution in [-0.4, -0.2) is 26.9 Å². The van der Waals surface area contributed by atoms with Gasteiger partial charge in [0.1, 0.15) is 6.61 Å². The number of benzene rings is 2. The fraction of sp³-hybridized carbons (Fsp3) is 0.438. The summed E-state index contributed by atoms with van der Waals surface area (Å²) in [7, 11) is -3.84. The minimum absolute atomic E-state index is 0.0751. The largest absolute Gasteiger partial charge is 0.490 e. The monoisotopic (exact) mass is 656 g/mol. The maximum Gasteiger partial charge on any atom is 0.297 e. The van der Waals surface area contributed by atoms with Gasteiger partial charge in [-0.3, -0.25) is 8.98 Å². The predicted octanol–water partition coefficient (Wildman–Crippen LogP) is 7.06. The number of hydrogen-bond donors (Lipinski definition) is 1. The lowest BCUT2D eigenvalue weighted by molar-refractivity contribution is -0.117. The van der Waals surface area contributed by atoms with Gasteiger partial charge in [0.05, 0.1) is 39.6 Å². The summed E-state index contributed by atoms with van der Waals surface area (Å²) in [5.41, 5.74) is 4.35. The molecule has 2 aliphatic rings. The van der Waals surface area contributed by atoms with Gasteiger partial charge < -0.3 is 14.8 Å². The highest BCUT2D eigenvalue weighted by molar-refractivity contribution is 9.10. The van der Waals surface area contributed by atoms with Crippen molar-refractivity contribution < 1.29 is 26.9 Å². The van der Waals surface area contributed by atoms with Crippen LogP contribution in [0.1, 0.15) is 77.3 Å². The minimum Gasteiger partial charge on any atom is -0.490 e. The van der Waals surface area contributed by atoms with Crippen LogP contribution in [0.3, 0.4) is 0 Å². The van der Waals surface area contributed by atoms with Crippen LogP contribution in [0.25, 0.3) is 0 Å². The van der Waals surface area contributed by atoms with Crippen molar-refractivity contribution in [3.05, 3.63) is 74.5 Å². The highest BCUT2D eigenvalue weighted by Crippen LogP contribution is 2.47. The molecule has 1 heterocycles. The Morgan fingerprint density at radius 2 is 1.83 bits per heavy atom. The molecule has 10 heteroatoms. The van der Waals surface area contributed by atoms with Crippen molar-refractivity contribution in [2.45, 2.75) is 83.8 Å². The number of Topliss-reactive ketones (excluding diaryl/α,β-unsaturated/α-hetero) is 1. The zero-order valence-electron chi connectivity index (χ0n) is 24.6. The SMILES string of the molecule is CCCC1CC(=O)C2=C(C1)NC(C)=C(C#N)C2c1cc(Br)c(OCc2ccc(S(=O)(=O)OC(C)C)cc2)c(OCC)c1. The van der Waals surface area contributed by atoms with E-state index in [0.29, 0.717) is 46.1 Å². The maximum absolute atomic E-state index is 13.5. The van der Waals surface area contributed by atoms with E-state index >= 15 is 0 Å². The summed E-state index contributed by atoms with van der Waals surface area (Å²) >= 11 is 3.64. The van der Waals surface area contributed by atoms with Gasteiger partial charge in [0.2, 0.25) is 0 Å². The Morgan fingerprint density at radius 3 is 2.45 bits per heavy atom. The smallest absolute Gasteiger partial charge is 0.297 e. The number of nitrogens with one attached hydrogen (secondary N) is 1. The summed E-state index contributed by atoms with van der Waals surface area (Å²) in [4.78, 5) is 13.6. The van der Waals surface area contributed by atoms with Crippen LogP contribution in [0.4, 0.5) is 0 Å². The molecule has 0 aromatic heterocycles. The molecule has 4 rings (SSSR count). The molecule has 2 aromatic rings. The van der Waals surface area contributed by atoms with Crippen molar-refractivity contribution in [3.8, 4) is 17.6 Å². The molecule has 0 spiro atoms. The molecule has 2 atom stereocenters. The Hall–Kier alpha value is -3.13. The molecule has 1 aliphatic heterocycles. The highest BCUT2D eigenvalue weighted by Gasteiger charge is 2.39. The van der Waals surface area contributed by atoms with E-state index < -0.39 is 22.1 Å². The Bertz CT molecular complexity index is 1550. The Morgan fingerprint density at radius 1 is 1.12 bits per heavy atom. The van der Waals surface area contributed by atoms with Crippen LogP contribution in [0, 0.1) is 17.2 Å². The number of carbonyl (C=O) groups excluding carboxylic acids is 1. The van der Waals surface area contributed by atoms with Gasteiger partial charge in [0.25, 0.3) is 10.1 Å². The fourth-order valence-electron chi connectivity index (χ4n) is 5.59. The molecule has 0 saturated heterocycles. The van der Waals surface area contributed by atoms with Gasteiger partial charge >= 0.3 is 0 Å². The number of nitriles is 1. The van der Waals surface area contributed by atoms with Gasteiger partial charge in [-0.2, -0.15) is 13.7 Å². The van der Waals surface area contributed by atoms with Crippen molar-refractivity contribution >= 4 is 31.8 Å². The minimum atomic E-state index is -3.84. The lowest BCUT2D eigenvalue weighted by Gasteiger charge is -2.35. The van der Waals surface area contributed by atoms with E-state index in [4.69, 9.17) is 13.7 Å². The third-order valence-corrected chi connectivity index (χ3v) is 9.39. The van der Waals surface area contributed by atoms with Crippen LogP contribution in [0.2, 0.25) is 0 Å². The molecular formula is C32H37BrN2O6S. The van der Waals surface area contributed by atoms with Gasteiger partial charge in [-0.05, 0) is 97.8 Å². The molecule has 2 aromatic carbocycles. The number of halogens is 1. The first-order chi connectivity index (χ1) is 20.0. The number of ketones is 1. The van der Waals surface area contributed by atoms with Gasteiger partial charge in [0.15, 0.2) is 17.3 Å². The standard InChI is InChI=1S/C32H37BrN2O6S/c1-6-8-22-13-27-31(28(36)14-22)30(25(17-34)20(5)35-27)23-15-26(33)32(29(16-23)39-7-2)40-18-21-9-11-24(12-10-21)42(37,38)41-19(3)4/h9-12,15-16,19,22,30,35H,6-8,13-14,18H2,1-5H3. The number of nitrogens with zero attached hydrogens (tertiary/aromatic N) is 1. The predicted molar refractivity (Wildman–Crippen MR) is 163 cm³/mol. The molecule has 0 saturated carbocycles. The number of allylic oxidation sites excluding steroid dienone is 4. The van der Waals surface area contributed by atoms with Gasteiger partial charge in [-0.25, -0.2) is 0 Å². The lowest BCUT2D eigenvalue weighted by Crippen LogP contribution is -2.34. The topological polar surface area (TPSA) is 115 Å². The molecule has 42 heavy (non-hydrogen) atoms. The van der Waals surface area contributed by atoms with Crippen molar-refractivity contribution in [2.24, 2.45) is 5.92 Å². The second-order valence-corrected chi connectivity index (χ2v) is 13.3.